The van der Waals surface area contributed by atoms with E-state index in [2.05, 4.69) is 0 Å². The van der Waals surface area contributed by atoms with E-state index >= 15 is 0 Å². The van der Waals surface area contributed by atoms with Crippen molar-refractivity contribution in [1.29, 1.82) is 0 Å². The molecule has 8 heteroatoms. The summed E-state index contributed by atoms with van der Waals surface area (Å²) in [7, 11) is -3.11. The lowest BCUT2D eigenvalue weighted by molar-refractivity contribution is -0.117. The molecule has 2 aromatic carbocycles. The predicted octanol–water partition coefficient (Wildman–Crippen LogP) is 2.00. The summed E-state index contributed by atoms with van der Waals surface area (Å²) in [5.41, 5.74) is 8.00. The Labute approximate surface area is 150 Å². The number of carbonyl (C=O) groups is 2. The molecule has 7 nitrogen and oxygen atoms in total. The van der Waals surface area contributed by atoms with Gasteiger partial charge in [0.1, 0.15) is 5.58 Å². The number of ketones is 1. The first-order chi connectivity index (χ1) is 12.3. The smallest absolute Gasteiger partial charge is 0.425 e. The maximum atomic E-state index is 12.7. The van der Waals surface area contributed by atoms with Crippen molar-refractivity contribution in [2.75, 3.05) is 0 Å². The van der Waals surface area contributed by atoms with E-state index in [4.69, 9.17) is 22.8 Å². The third kappa shape index (κ3) is 4.64. The van der Waals surface area contributed by atoms with Crippen LogP contribution in [0.2, 0.25) is 0 Å². The van der Waals surface area contributed by atoms with Gasteiger partial charge in [-0.2, -0.15) is 0 Å². The Morgan fingerprint density at radius 2 is 1.65 bits per heavy atom. The fourth-order valence-electron chi connectivity index (χ4n) is 2.51. The van der Waals surface area contributed by atoms with Gasteiger partial charge in [0.25, 0.3) is 0 Å². The van der Waals surface area contributed by atoms with Crippen molar-refractivity contribution in [3.05, 3.63) is 71.0 Å². The number of aryl methyl sites for hydroxylation is 1. The van der Waals surface area contributed by atoms with E-state index in [-0.39, 0.29) is 18.0 Å². The number of nitrogens with two attached hydrogens (primary N) is 1. The molecule has 0 fully saturated rings. The second-order valence-electron chi connectivity index (χ2n) is 5.45. The average molecular weight is 373 g/mol. The van der Waals surface area contributed by atoms with E-state index in [9.17, 15) is 9.59 Å². The molecule has 0 saturated carbocycles. The Balaban J connectivity index is 0.000000552. The minimum absolute atomic E-state index is 0.0238. The van der Waals surface area contributed by atoms with E-state index in [1.807, 2.05) is 31.2 Å². The van der Waals surface area contributed by atoms with Crippen molar-refractivity contribution >= 4 is 33.3 Å². The van der Waals surface area contributed by atoms with Crippen molar-refractivity contribution in [3.63, 3.8) is 0 Å². The van der Waals surface area contributed by atoms with E-state index in [1.165, 1.54) is 0 Å². The zero-order chi connectivity index (χ0) is 19.3. The predicted molar refractivity (Wildman–Crippen MR) is 93.4 cm³/mol. The molecule has 0 spiro atoms. The molecule has 134 valence electrons. The SMILES string of the molecule is Cc1ccc2c(CC(N)=O)c(C(=O)c3ccccc3)oc2c1.O=S(=O)=O. The van der Waals surface area contributed by atoms with Gasteiger partial charge in [-0.25, -0.2) is 0 Å². The summed E-state index contributed by atoms with van der Waals surface area (Å²) in [5, 5.41) is 0.753. The minimum atomic E-state index is -3.11. The van der Waals surface area contributed by atoms with Crippen LogP contribution in [0.4, 0.5) is 0 Å². The summed E-state index contributed by atoms with van der Waals surface area (Å²) < 4.78 is 31.1. The van der Waals surface area contributed by atoms with Gasteiger partial charge in [-0.3, -0.25) is 9.59 Å². The van der Waals surface area contributed by atoms with Crippen LogP contribution in [-0.2, 0) is 21.8 Å². The molecule has 0 atom stereocenters. The van der Waals surface area contributed by atoms with Crippen molar-refractivity contribution in [1.82, 2.24) is 0 Å². The Hall–Kier alpha value is -3.26. The van der Waals surface area contributed by atoms with Crippen LogP contribution in [0.5, 0.6) is 0 Å². The number of furan rings is 1. The lowest BCUT2D eigenvalue weighted by Gasteiger charge is -2.01. The third-order valence-corrected chi connectivity index (χ3v) is 3.54. The number of primary amides is 1. The Morgan fingerprint density at radius 1 is 1.04 bits per heavy atom. The van der Waals surface area contributed by atoms with Crippen LogP contribution in [-0.4, -0.2) is 24.3 Å². The molecular formula is C18H15NO6S. The fourth-order valence-corrected chi connectivity index (χ4v) is 2.51. The lowest BCUT2D eigenvalue weighted by Crippen LogP contribution is -2.15. The molecule has 3 rings (SSSR count). The van der Waals surface area contributed by atoms with Crippen molar-refractivity contribution in [2.45, 2.75) is 13.3 Å². The third-order valence-electron chi connectivity index (χ3n) is 3.54. The van der Waals surface area contributed by atoms with Gasteiger partial charge in [-0.05, 0) is 18.6 Å². The average Bonchev–Trinajstić information content (AvgIpc) is 2.91. The highest BCUT2D eigenvalue weighted by Crippen LogP contribution is 2.29. The van der Waals surface area contributed by atoms with Crippen LogP contribution >= 0.6 is 0 Å². The van der Waals surface area contributed by atoms with E-state index < -0.39 is 16.5 Å². The number of hydrogen-bond acceptors (Lipinski definition) is 6. The first-order valence-corrected chi connectivity index (χ1v) is 8.46. The first kappa shape index (κ1) is 19.1. The highest BCUT2D eigenvalue weighted by atomic mass is 32.2. The first-order valence-electron chi connectivity index (χ1n) is 7.46. The summed E-state index contributed by atoms with van der Waals surface area (Å²) in [5.74, 6) is -0.554. The van der Waals surface area contributed by atoms with Gasteiger partial charge >= 0.3 is 10.6 Å². The Bertz CT molecular complexity index is 1060. The van der Waals surface area contributed by atoms with Crippen LogP contribution < -0.4 is 5.73 Å². The Kier molecular flexibility index (Phi) is 6.03. The molecule has 0 aliphatic heterocycles. The highest BCUT2D eigenvalue weighted by Gasteiger charge is 2.22. The molecule has 26 heavy (non-hydrogen) atoms. The van der Waals surface area contributed by atoms with Crippen molar-refractivity contribution in [3.8, 4) is 0 Å². The molecule has 1 aromatic heterocycles. The molecule has 0 saturated heterocycles. The molecule has 1 amide bonds. The van der Waals surface area contributed by atoms with Crippen LogP contribution in [0.25, 0.3) is 11.0 Å². The normalized spacial score (nSPS) is 10.0. The van der Waals surface area contributed by atoms with Gasteiger partial charge in [-0.1, -0.05) is 42.5 Å². The molecule has 0 aliphatic carbocycles. The molecule has 1 heterocycles. The van der Waals surface area contributed by atoms with Gasteiger partial charge in [0.15, 0.2) is 5.76 Å². The molecular weight excluding hydrogens is 358 g/mol. The highest BCUT2D eigenvalue weighted by molar-refractivity contribution is 7.59. The van der Waals surface area contributed by atoms with Crippen LogP contribution in [0.15, 0.2) is 52.9 Å². The standard InChI is InChI=1S/C18H15NO3.O3S/c1-11-7-8-13-14(10-16(19)20)18(22-15(13)9-11)17(21)12-5-3-2-4-6-12;1-4(2)3/h2-9H,10H2,1H3,(H2,19,20);. The largest absolute Gasteiger partial charge is 0.452 e. The van der Waals surface area contributed by atoms with E-state index in [1.54, 1.807) is 24.3 Å². The second kappa shape index (κ2) is 8.21. The maximum absolute atomic E-state index is 12.7. The summed E-state index contributed by atoms with van der Waals surface area (Å²) in [6, 6.07) is 14.5. The van der Waals surface area contributed by atoms with Crippen LogP contribution in [0, 0.1) is 6.92 Å². The number of carbonyl (C=O) groups excluding carboxylic acids is 2. The quantitative estimate of drug-likeness (QED) is 0.697. The summed E-state index contributed by atoms with van der Waals surface area (Å²) in [4.78, 5) is 24.0. The molecule has 2 N–H and O–H groups in total. The molecule has 0 radical (unpaired) electrons. The van der Waals surface area contributed by atoms with Crippen LogP contribution in [0.1, 0.15) is 27.2 Å². The molecule has 3 aromatic rings. The van der Waals surface area contributed by atoms with Gasteiger partial charge in [-0.15, -0.1) is 12.6 Å². The topological polar surface area (TPSA) is 125 Å². The van der Waals surface area contributed by atoms with Gasteiger partial charge in [0.05, 0.1) is 6.42 Å². The van der Waals surface area contributed by atoms with Gasteiger partial charge in [0, 0.05) is 16.5 Å². The van der Waals surface area contributed by atoms with Crippen molar-refractivity contribution < 1.29 is 26.6 Å². The number of fused-ring (bicyclic) bond motifs is 1. The monoisotopic (exact) mass is 373 g/mol. The zero-order valence-corrected chi connectivity index (χ0v) is 14.6. The molecule has 0 unspecified atom stereocenters. The molecule has 0 bridgehead atoms. The second-order valence-corrected chi connectivity index (χ2v) is 5.86. The fraction of sp³-hybridized carbons (Fsp3) is 0.111. The summed E-state index contributed by atoms with van der Waals surface area (Å²) in [6.45, 7) is 1.94. The number of hydrogen-bond donors (Lipinski definition) is 1. The van der Waals surface area contributed by atoms with Gasteiger partial charge < -0.3 is 10.2 Å². The zero-order valence-electron chi connectivity index (χ0n) is 13.8. The summed E-state index contributed by atoms with van der Waals surface area (Å²) >= 11 is 0. The lowest BCUT2D eigenvalue weighted by atomic mass is 10.0. The summed E-state index contributed by atoms with van der Waals surface area (Å²) in [6.07, 6.45) is -0.0238. The molecule has 0 aliphatic rings. The van der Waals surface area contributed by atoms with Crippen LogP contribution in [0.3, 0.4) is 0 Å². The van der Waals surface area contributed by atoms with Gasteiger partial charge in [0.2, 0.25) is 11.7 Å². The number of benzene rings is 2. The minimum Gasteiger partial charge on any atom is -0.452 e. The number of amides is 1. The Morgan fingerprint density at radius 3 is 2.23 bits per heavy atom. The number of rotatable bonds is 4. The van der Waals surface area contributed by atoms with Crippen molar-refractivity contribution in [2.24, 2.45) is 5.73 Å². The maximum Gasteiger partial charge on any atom is 0.425 e. The van der Waals surface area contributed by atoms with E-state index in [0.29, 0.717) is 16.7 Å². The van der Waals surface area contributed by atoms with E-state index in [0.717, 1.165) is 10.9 Å².